The van der Waals surface area contributed by atoms with Crippen molar-refractivity contribution in [2.24, 2.45) is 11.1 Å². The minimum atomic E-state index is -4.51. The number of ether oxygens (including phenoxy) is 1. The second-order valence-electron chi connectivity index (χ2n) is 5.36. The molecule has 0 aromatic carbocycles. The third-order valence-electron chi connectivity index (χ3n) is 3.88. The number of alkyl halides is 3. The number of nitrogens with two attached hydrogens (primary N) is 1. The van der Waals surface area contributed by atoms with E-state index < -0.39 is 30.0 Å². The lowest BCUT2D eigenvalue weighted by molar-refractivity contribution is -0.168. The smallest absolute Gasteiger partial charge is 0.406 e. The first-order chi connectivity index (χ1) is 9.74. The molecule has 122 valence electrons. The fourth-order valence-corrected chi connectivity index (χ4v) is 2.69. The van der Waals surface area contributed by atoms with E-state index in [-0.39, 0.29) is 19.5 Å². The molecule has 0 aliphatic heterocycles. The predicted molar refractivity (Wildman–Crippen MR) is 69.2 cm³/mol. The van der Waals surface area contributed by atoms with Crippen LogP contribution >= 0.6 is 0 Å². The summed E-state index contributed by atoms with van der Waals surface area (Å²) in [5, 5.41) is 0. The zero-order valence-corrected chi connectivity index (χ0v) is 12.0. The molecule has 1 fully saturated rings. The first kappa shape index (κ1) is 17.7. The Morgan fingerprint density at radius 2 is 1.86 bits per heavy atom. The van der Waals surface area contributed by atoms with Crippen molar-refractivity contribution >= 4 is 11.9 Å². The molecule has 0 bridgehead atoms. The molecule has 1 rings (SSSR count). The highest BCUT2D eigenvalue weighted by Crippen LogP contribution is 2.39. The van der Waals surface area contributed by atoms with Gasteiger partial charge in [0.2, 0.25) is 5.91 Å². The predicted octanol–water partition coefficient (Wildman–Crippen LogP) is 1.46. The van der Waals surface area contributed by atoms with Gasteiger partial charge in [0, 0.05) is 13.1 Å². The van der Waals surface area contributed by atoms with Gasteiger partial charge in [0.05, 0.1) is 18.9 Å². The van der Waals surface area contributed by atoms with E-state index in [0.29, 0.717) is 17.7 Å². The van der Waals surface area contributed by atoms with Crippen LogP contribution in [0.15, 0.2) is 0 Å². The molecular formula is C13H21F3N2O3. The number of halogens is 3. The van der Waals surface area contributed by atoms with Gasteiger partial charge in [-0.25, -0.2) is 0 Å². The molecule has 1 aliphatic rings. The number of amides is 1. The Bertz CT molecular complexity index is 379. The highest BCUT2D eigenvalue weighted by molar-refractivity contribution is 5.84. The first-order valence-corrected chi connectivity index (χ1v) is 6.87. The zero-order valence-electron chi connectivity index (χ0n) is 12.0. The van der Waals surface area contributed by atoms with E-state index in [2.05, 4.69) is 4.74 Å². The van der Waals surface area contributed by atoms with E-state index in [1.165, 1.54) is 0 Å². The van der Waals surface area contributed by atoms with Crippen LogP contribution in [-0.4, -0.2) is 49.7 Å². The van der Waals surface area contributed by atoms with Crippen LogP contribution in [-0.2, 0) is 14.3 Å². The number of methoxy groups -OCH3 is 1. The summed E-state index contributed by atoms with van der Waals surface area (Å²) in [6.45, 7) is -1.66. The maximum atomic E-state index is 12.6. The van der Waals surface area contributed by atoms with Crippen LogP contribution in [0.2, 0.25) is 0 Å². The lowest BCUT2D eigenvalue weighted by Crippen LogP contribution is -2.50. The summed E-state index contributed by atoms with van der Waals surface area (Å²) in [5.41, 5.74) is 4.72. The molecule has 0 saturated heterocycles. The van der Waals surface area contributed by atoms with E-state index >= 15 is 0 Å². The van der Waals surface area contributed by atoms with E-state index in [4.69, 9.17) is 5.73 Å². The molecule has 5 nitrogen and oxygen atoms in total. The van der Waals surface area contributed by atoms with Crippen LogP contribution in [0.1, 0.15) is 32.1 Å². The molecule has 1 amide bonds. The molecule has 0 radical (unpaired) electrons. The van der Waals surface area contributed by atoms with Crippen molar-refractivity contribution < 1.29 is 27.5 Å². The van der Waals surface area contributed by atoms with Gasteiger partial charge in [-0.3, -0.25) is 9.59 Å². The number of rotatable bonds is 6. The van der Waals surface area contributed by atoms with Gasteiger partial charge in [-0.2, -0.15) is 13.2 Å². The highest BCUT2D eigenvalue weighted by atomic mass is 19.4. The van der Waals surface area contributed by atoms with Gasteiger partial charge in [0.15, 0.2) is 0 Å². The molecular weight excluding hydrogens is 289 g/mol. The monoisotopic (exact) mass is 310 g/mol. The van der Waals surface area contributed by atoms with Crippen molar-refractivity contribution in [3.05, 3.63) is 0 Å². The van der Waals surface area contributed by atoms with E-state index in [1.807, 2.05) is 0 Å². The summed E-state index contributed by atoms with van der Waals surface area (Å²) in [6, 6.07) is 0. The molecule has 0 heterocycles. The Labute approximate surface area is 121 Å². The van der Waals surface area contributed by atoms with E-state index in [1.54, 1.807) is 0 Å². The van der Waals surface area contributed by atoms with Crippen LogP contribution < -0.4 is 5.73 Å². The minimum absolute atomic E-state index is 0.0262. The standard InChI is InChI=1S/C13H21F3N2O3/c1-21-10(19)4-7-18(9-13(14,15)16)11(20)12(8-17)5-2-3-6-12/h2-9,17H2,1H3. The first-order valence-electron chi connectivity index (χ1n) is 6.87. The zero-order chi connectivity index (χ0) is 16.1. The third kappa shape index (κ3) is 4.87. The van der Waals surface area contributed by atoms with Crippen molar-refractivity contribution in [3.8, 4) is 0 Å². The fourth-order valence-electron chi connectivity index (χ4n) is 2.69. The van der Waals surface area contributed by atoms with Crippen LogP contribution in [0.4, 0.5) is 13.2 Å². The Morgan fingerprint density at radius 3 is 2.29 bits per heavy atom. The van der Waals surface area contributed by atoms with Crippen molar-refractivity contribution in [2.45, 2.75) is 38.3 Å². The molecule has 1 aliphatic carbocycles. The van der Waals surface area contributed by atoms with Crippen molar-refractivity contribution in [1.29, 1.82) is 0 Å². The summed E-state index contributed by atoms with van der Waals surface area (Å²) in [4.78, 5) is 24.3. The largest absolute Gasteiger partial charge is 0.469 e. The highest BCUT2D eigenvalue weighted by Gasteiger charge is 2.44. The molecule has 0 aromatic heterocycles. The van der Waals surface area contributed by atoms with E-state index in [0.717, 1.165) is 20.0 Å². The van der Waals surface area contributed by atoms with Gasteiger partial charge < -0.3 is 15.4 Å². The lowest BCUT2D eigenvalue weighted by atomic mass is 9.84. The van der Waals surface area contributed by atoms with Crippen LogP contribution in [0, 0.1) is 5.41 Å². The van der Waals surface area contributed by atoms with Crippen molar-refractivity contribution in [1.82, 2.24) is 4.90 Å². The fraction of sp³-hybridized carbons (Fsp3) is 0.846. The van der Waals surface area contributed by atoms with Crippen molar-refractivity contribution in [3.63, 3.8) is 0 Å². The quantitative estimate of drug-likeness (QED) is 0.754. The number of nitrogens with zero attached hydrogens (tertiary/aromatic N) is 1. The minimum Gasteiger partial charge on any atom is -0.469 e. The van der Waals surface area contributed by atoms with Gasteiger partial charge in [-0.1, -0.05) is 12.8 Å². The van der Waals surface area contributed by atoms with E-state index in [9.17, 15) is 22.8 Å². The Kier molecular flexibility index (Phi) is 6.00. The topological polar surface area (TPSA) is 72.6 Å². The maximum absolute atomic E-state index is 12.6. The molecule has 1 saturated carbocycles. The normalized spacial score (nSPS) is 17.6. The number of hydrogen-bond acceptors (Lipinski definition) is 4. The second kappa shape index (κ2) is 7.11. The molecule has 8 heteroatoms. The average Bonchev–Trinajstić information content (AvgIpc) is 2.91. The Morgan fingerprint density at radius 1 is 1.29 bits per heavy atom. The Balaban J connectivity index is 2.83. The van der Waals surface area contributed by atoms with Gasteiger partial charge in [-0.05, 0) is 12.8 Å². The number of esters is 1. The summed E-state index contributed by atoms with van der Waals surface area (Å²) in [5.74, 6) is -1.26. The molecule has 0 atom stereocenters. The molecule has 0 aromatic rings. The number of carbonyl (C=O) groups excluding carboxylic acids is 2. The second-order valence-corrected chi connectivity index (χ2v) is 5.36. The summed E-state index contributed by atoms with van der Waals surface area (Å²) < 4.78 is 42.3. The van der Waals surface area contributed by atoms with Crippen LogP contribution in [0.5, 0.6) is 0 Å². The summed E-state index contributed by atoms with van der Waals surface area (Å²) in [7, 11) is 1.15. The summed E-state index contributed by atoms with van der Waals surface area (Å²) >= 11 is 0. The number of carbonyl (C=O) groups is 2. The third-order valence-corrected chi connectivity index (χ3v) is 3.88. The SMILES string of the molecule is COC(=O)CCN(CC(F)(F)F)C(=O)C1(CN)CCCC1. The van der Waals surface area contributed by atoms with Gasteiger partial charge >= 0.3 is 12.1 Å². The molecule has 2 N–H and O–H groups in total. The van der Waals surface area contributed by atoms with Gasteiger partial charge in [0.25, 0.3) is 0 Å². The van der Waals surface area contributed by atoms with Crippen LogP contribution in [0.3, 0.4) is 0 Å². The molecule has 0 unspecified atom stereocenters. The average molecular weight is 310 g/mol. The number of hydrogen-bond donors (Lipinski definition) is 1. The molecule has 21 heavy (non-hydrogen) atoms. The molecule has 0 spiro atoms. The Hall–Kier alpha value is -1.31. The van der Waals surface area contributed by atoms with Gasteiger partial charge in [-0.15, -0.1) is 0 Å². The van der Waals surface area contributed by atoms with Gasteiger partial charge in [0.1, 0.15) is 6.54 Å². The lowest BCUT2D eigenvalue weighted by Gasteiger charge is -2.33. The summed E-state index contributed by atoms with van der Waals surface area (Å²) in [6.07, 6.45) is -2.23. The van der Waals surface area contributed by atoms with Crippen LogP contribution in [0.25, 0.3) is 0 Å². The maximum Gasteiger partial charge on any atom is 0.406 e. The van der Waals surface area contributed by atoms with Crippen molar-refractivity contribution in [2.75, 3.05) is 26.7 Å².